The minimum atomic E-state index is -0.270. The molecule has 2 aromatic rings. The molecule has 0 radical (unpaired) electrons. The first kappa shape index (κ1) is 15.0. The van der Waals surface area contributed by atoms with Gasteiger partial charge in [-0.25, -0.2) is 0 Å². The number of rotatable bonds is 4. The van der Waals surface area contributed by atoms with Crippen molar-refractivity contribution in [2.45, 2.75) is 18.2 Å². The number of carbonyl (C=O) groups excluding carboxylic acids is 2. The molecule has 8 heteroatoms. The van der Waals surface area contributed by atoms with Crippen LogP contribution in [0.5, 0.6) is 0 Å². The first-order chi connectivity index (χ1) is 10.7. The maximum absolute atomic E-state index is 12.2. The highest BCUT2D eigenvalue weighted by molar-refractivity contribution is 8.00. The molecule has 0 saturated carbocycles. The van der Waals surface area contributed by atoms with E-state index >= 15 is 0 Å². The molecular weight excluding hydrogens is 320 g/mol. The molecule has 0 unspecified atom stereocenters. The van der Waals surface area contributed by atoms with E-state index in [-0.39, 0.29) is 18.4 Å². The minimum absolute atomic E-state index is 0.0164. The van der Waals surface area contributed by atoms with Crippen molar-refractivity contribution in [3.63, 3.8) is 0 Å². The number of carbonyl (C=O) groups is 2. The molecule has 114 valence electrons. The molecule has 1 aliphatic heterocycles. The lowest BCUT2D eigenvalue weighted by atomic mass is 10.2. The van der Waals surface area contributed by atoms with Gasteiger partial charge in [0.1, 0.15) is 11.6 Å². The Bertz CT molecular complexity index is 716. The molecule has 22 heavy (non-hydrogen) atoms. The van der Waals surface area contributed by atoms with E-state index in [1.807, 2.05) is 31.2 Å². The summed E-state index contributed by atoms with van der Waals surface area (Å²) in [7, 11) is 0. The largest absolute Gasteiger partial charge is 0.301 e. The number of nitrogens with one attached hydrogen (secondary N) is 1. The molecule has 2 heterocycles. The molecule has 3 rings (SSSR count). The summed E-state index contributed by atoms with van der Waals surface area (Å²) in [5.74, 6) is 0.0162. The molecule has 1 N–H and O–H groups in total. The summed E-state index contributed by atoms with van der Waals surface area (Å²) in [5, 5.41) is 11.9. The fourth-order valence-corrected chi connectivity index (χ4v) is 3.71. The summed E-state index contributed by atoms with van der Waals surface area (Å²) in [4.78, 5) is 26.8. The summed E-state index contributed by atoms with van der Waals surface area (Å²) in [5.41, 5.74) is 0.783. The van der Waals surface area contributed by atoms with Crippen LogP contribution < -0.4 is 10.2 Å². The van der Waals surface area contributed by atoms with Gasteiger partial charge in [-0.3, -0.25) is 14.9 Å². The van der Waals surface area contributed by atoms with Gasteiger partial charge in [0.25, 0.3) is 0 Å². The third-order valence-corrected chi connectivity index (χ3v) is 5.16. The first-order valence-corrected chi connectivity index (χ1v) is 8.62. The highest BCUT2D eigenvalue weighted by Gasteiger charge is 2.26. The number of thioether (sulfide) groups is 1. The van der Waals surface area contributed by atoms with Gasteiger partial charge in [0.15, 0.2) is 0 Å². The van der Waals surface area contributed by atoms with E-state index < -0.39 is 0 Å². The maximum atomic E-state index is 12.2. The molecular formula is C14H14N4O2S2. The summed E-state index contributed by atoms with van der Waals surface area (Å²) in [6.07, 6.45) is 0.781. The second-order valence-electron chi connectivity index (χ2n) is 4.64. The summed E-state index contributed by atoms with van der Waals surface area (Å²) >= 11 is 2.84. The Hall–Kier alpha value is -1.93. The zero-order chi connectivity index (χ0) is 15.5. The predicted molar refractivity (Wildman–Crippen MR) is 87.4 cm³/mol. The zero-order valence-corrected chi connectivity index (χ0v) is 13.5. The van der Waals surface area contributed by atoms with Crippen molar-refractivity contribution in [1.82, 2.24) is 10.2 Å². The number of benzene rings is 1. The molecule has 1 aromatic heterocycles. The summed E-state index contributed by atoms with van der Waals surface area (Å²) in [6.45, 7) is 1.96. The second-order valence-corrected chi connectivity index (χ2v) is 6.72. The zero-order valence-electron chi connectivity index (χ0n) is 11.9. The molecule has 2 amide bonds. The Morgan fingerprint density at radius 1 is 1.36 bits per heavy atom. The van der Waals surface area contributed by atoms with Crippen molar-refractivity contribution < 1.29 is 9.59 Å². The maximum Gasteiger partial charge on any atom is 0.246 e. The van der Waals surface area contributed by atoms with Crippen LogP contribution in [0.2, 0.25) is 0 Å². The third-order valence-electron chi connectivity index (χ3n) is 3.13. The smallest absolute Gasteiger partial charge is 0.246 e. The first-order valence-electron chi connectivity index (χ1n) is 6.82. The molecule has 0 atom stereocenters. The normalized spacial score (nSPS) is 13.9. The van der Waals surface area contributed by atoms with Gasteiger partial charge in [-0.15, -0.1) is 22.0 Å². The molecule has 1 aromatic carbocycles. The molecule has 0 aliphatic carbocycles. The fourth-order valence-electron chi connectivity index (χ4n) is 2.08. The number of hydrogen-bond acceptors (Lipinski definition) is 6. The van der Waals surface area contributed by atoms with Crippen LogP contribution in [0.4, 0.5) is 10.8 Å². The Morgan fingerprint density at radius 2 is 2.18 bits per heavy atom. The Balaban J connectivity index is 1.72. The van der Waals surface area contributed by atoms with Crippen LogP contribution in [0.15, 0.2) is 29.2 Å². The lowest BCUT2D eigenvalue weighted by Gasteiger charge is -2.28. The number of para-hydroxylation sites is 1. The monoisotopic (exact) mass is 334 g/mol. The number of fused-ring (bicyclic) bond motifs is 1. The highest BCUT2D eigenvalue weighted by atomic mass is 32.2. The summed E-state index contributed by atoms with van der Waals surface area (Å²) in [6, 6.07) is 7.59. The average Bonchev–Trinajstić information content (AvgIpc) is 2.98. The number of nitrogens with zero attached hydrogens (tertiary/aromatic N) is 3. The van der Waals surface area contributed by atoms with Crippen LogP contribution in [-0.2, 0) is 16.0 Å². The minimum Gasteiger partial charge on any atom is -0.301 e. The second kappa shape index (κ2) is 6.45. The third kappa shape index (κ3) is 3.12. The molecule has 0 saturated heterocycles. The van der Waals surface area contributed by atoms with Gasteiger partial charge in [0.05, 0.1) is 11.4 Å². The number of aryl methyl sites for hydroxylation is 1. The lowest BCUT2D eigenvalue weighted by Crippen LogP contribution is -2.41. The van der Waals surface area contributed by atoms with Gasteiger partial charge in [-0.2, -0.15) is 0 Å². The number of amides is 2. The van der Waals surface area contributed by atoms with E-state index in [9.17, 15) is 9.59 Å². The van der Waals surface area contributed by atoms with E-state index in [0.29, 0.717) is 10.9 Å². The quantitative estimate of drug-likeness (QED) is 0.927. The molecule has 0 spiro atoms. The van der Waals surface area contributed by atoms with Crippen LogP contribution >= 0.6 is 23.1 Å². The number of aromatic nitrogens is 2. The van der Waals surface area contributed by atoms with Crippen molar-refractivity contribution in [1.29, 1.82) is 0 Å². The van der Waals surface area contributed by atoms with Crippen LogP contribution in [0.3, 0.4) is 0 Å². The molecule has 0 fully saturated rings. The predicted octanol–water partition coefficient (Wildman–Crippen LogP) is 2.18. The van der Waals surface area contributed by atoms with Gasteiger partial charge in [-0.05, 0) is 18.6 Å². The van der Waals surface area contributed by atoms with E-state index in [2.05, 4.69) is 15.5 Å². The molecule has 1 aliphatic rings. The van der Waals surface area contributed by atoms with Crippen LogP contribution in [0, 0.1) is 0 Å². The molecule has 6 nitrogen and oxygen atoms in total. The van der Waals surface area contributed by atoms with Gasteiger partial charge in [0.2, 0.25) is 16.9 Å². The Morgan fingerprint density at radius 3 is 2.95 bits per heavy atom. The van der Waals surface area contributed by atoms with Gasteiger partial charge < -0.3 is 4.90 Å². The number of anilines is 2. The van der Waals surface area contributed by atoms with E-state index in [0.717, 1.165) is 22.0 Å². The standard InChI is InChI=1S/C14H14N4O2S2/c1-2-12-16-17-14(22-12)15-11(19)7-18-9-5-3-4-6-10(9)21-8-13(18)20/h3-6H,2,7-8H2,1H3,(H,15,17,19). The van der Waals surface area contributed by atoms with Crippen molar-refractivity contribution >= 4 is 45.7 Å². The molecule has 0 bridgehead atoms. The van der Waals surface area contributed by atoms with Crippen molar-refractivity contribution in [2.75, 3.05) is 22.5 Å². The van der Waals surface area contributed by atoms with Crippen LogP contribution in [0.25, 0.3) is 0 Å². The summed E-state index contributed by atoms with van der Waals surface area (Å²) < 4.78 is 0. The Kier molecular flexibility index (Phi) is 4.39. The average molecular weight is 334 g/mol. The van der Waals surface area contributed by atoms with Crippen LogP contribution in [-0.4, -0.2) is 34.3 Å². The van der Waals surface area contributed by atoms with Crippen molar-refractivity contribution in [3.05, 3.63) is 29.3 Å². The van der Waals surface area contributed by atoms with E-state index in [4.69, 9.17) is 0 Å². The van der Waals surface area contributed by atoms with Crippen LogP contribution in [0.1, 0.15) is 11.9 Å². The van der Waals surface area contributed by atoms with Gasteiger partial charge in [0, 0.05) is 4.90 Å². The lowest BCUT2D eigenvalue weighted by molar-refractivity contribution is -0.120. The van der Waals surface area contributed by atoms with Gasteiger partial charge in [-0.1, -0.05) is 30.4 Å². The highest BCUT2D eigenvalue weighted by Crippen LogP contribution is 2.34. The van der Waals surface area contributed by atoms with E-state index in [1.165, 1.54) is 28.0 Å². The van der Waals surface area contributed by atoms with Crippen molar-refractivity contribution in [2.24, 2.45) is 0 Å². The number of hydrogen-bond donors (Lipinski definition) is 1. The van der Waals surface area contributed by atoms with Gasteiger partial charge >= 0.3 is 0 Å². The van der Waals surface area contributed by atoms with Crippen molar-refractivity contribution in [3.8, 4) is 0 Å². The fraction of sp³-hybridized carbons (Fsp3) is 0.286. The van der Waals surface area contributed by atoms with E-state index in [1.54, 1.807) is 0 Å². The Labute approximate surface area is 135 Å². The topological polar surface area (TPSA) is 75.2 Å². The SMILES string of the molecule is CCc1nnc(NC(=O)CN2C(=O)CSc3ccccc32)s1.